The third-order valence-electron chi connectivity index (χ3n) is 2.83. The highest BCUT2D eigenvalue weighted by molar-refractivity contribution is 5.98. The van der Waals surface area contributed by atoms with E-state index in [-0.39, 0.29) is 5.91 Å². The fraction of sp³-hybridized carbons (Fsp3) is 0.700. The van der Waals surface area contributed by atoms with Crippen molar-refractivity contribution in [3.63, 3.8) is 0 Å². The molecule has 90 valence electrons. The Morgan fingerprint density at radius 2 is 2.06 bits per heavy atom. The number of rotatable bonds is 3. The number of nitrogens with zero attached hydrogens (tertiary/aromatic N) is 1. The zero-order valence-electron chi connectivity index (χ0n) is 9.40. The topological polar surface area (TPSA) is 86.7 Å². The summed E-state index contributed by atoms with van der Waals surface area (Å²) in [6.07, 6.45) is 1.33. The molecule has 1 saturated heterocycles. The van der Waals surface area contributed by atoms with Gasteiger partial charge in [-0.3, -0.25) is 14.4 Å². The highest BCUT2D eigenvalue weighted by Crippen LogP contribution is 2.19. The Hall–Kier alpha value is -1.59. The monoisotopic (exact) mass is 228 g/mol. The summed E-state index contributed by atoms with van der Waals surface area (Å²) in [6.45, 7) is 1.79. The number of likely N-dealkylation sites (N-methyl/N-ethyl adjacent to an activating group) is 1. The molecule has 0 radical (unpaired) electrons. The number of carbonyl (C=O) groups is 3. The highest BCUT2D eigenvalue weighted by Gasteiger charge is 2.37. The summed E-state index contributed by atoms with van der Waals surface area (Å²) in [5.74, 6) is -2.97. The Labute approximate surface area is 93.6 Å². The van der Waals surface area contributed by atoms with Crippen LogP contribution in [0.2, 0.25) is 0 Å². The van der Waals surface area contributed by atoms with Gasteiger partial charge in [0.25, 0.3) is 0 Å². The normalized spacial score (nSPS) is 21.6. The molecule has 0 saturated carbocycles. The minimum atomic E-state index is -1.16. The van der Waals surface area contributed by atoms with Crippen LogP contribution < -0.4 is 5.32 Å². The van der Waals surface area contributed by atoms with E-state index in [1.54, 1.807) is 0 Å². The van der Waals surface area contributed by atoms with E-state index in [0.717, 1.165) is 6.42 Å². The van der Waals surface area contributed by atoms with E-state index >= 15 is 0 Å². The van der Waals surface area contributed by atoms with Gasteiger partial charge < -0.3 is 15.3 Å². The molecule has 6 heteroatoms. The van der Waals surface area contributed by atoms with Crippen LogP contribution in [0.5, 0.6) is 0 Å². The van der Waals surface area contributed by atoms with Gasteiger partial charge in [-0.25, -0.2) is 0 Å². The number of nitrogens with one attached hydrogen (secondary N) is 1. The maximum Gasteiger partial charge on any atom is 0.315 e. The minimum absolute atomic E-state index is 0.233. The summed E-state index contributed by atoms with van der Waals surface area (Å²) in [7, 11) is 1.50. The van der Waals surface area contributed by atoms with Gasteiger partial charge in [-0.05, 0) is 19.8 Å². The molecule has 0 aromatic heterocycles. The third kappa shape index (κ3) is 2.32. The fourth-order valence-corrected chi connectivity index (χ4v) is 1.82. The van der Waals surface area contributed by atoms with E-state index in [9.17, 15) is 14.4 Å². The summed E-state index contributed by atoms with van der Waals surface area (Å²) in [6, 6.07) is -0.515. The van der Waals surface area contributed by atoms with Gasteiger partial charge in [0.2, 0.25) is 11.8 Å². The van der Waals surface area contributed by atoms with E-state index < -0.39 is 23.8 Å². The average molecular weight is 228 g/mol. The quantitative estimate of drug-likeness (QED) is 0.634. The molecule has 1 heterocycles. The standard InChI is InChI=1S/C10H16N2O4/c1-6(10(15)16)9(14)12-5-3-4-7(12)8(13)11-2/h6-7H,3-5H2,1-2H3,(H,11,13)(H,15,16). The van der Waals surface area contributed by atoms with E-state index in [1.165, 1.54) is 18.9 Å². The molecule has 0 bridgehead atoms. The third-order valence-corrected chi connectivity index (χ3v) is 2.83. The largest absolute Gasteiger partial charge is 0.481 e. The van der Waals surface area contributed by atoms with Crippen molar-refractivity contribution < 1.29 is 19.5 Å². The van der Waals surface area contributed by atoms with Gasteiger partial charge >= 0.3 is 5.97 Å². The molecule has 6 nitrogen and oxygen atoms in total. The smallest absolute Gasteiger partial charge is 0.315 e. The second kappa shape index (κ2) is 4.96. The SMILES string of the molecule is CNC(=O)C1CCCN1C(=O)C(C)C(=O)O. The molecule has 1 fully saturated rings. The second-order valence-electron chi connectivity index (χ2n) is 3.86. The first-order valence-corrected chi connectivity index (χ1v) is 5.24. The van der Waals surface area contributed by atoms with Crippen molar-refractivity contribution in [2.75, 3.05) is 13.6 Å². The van der Waals surface area contributed by atoms with E-state index in [2.05, 4.69) is 5.32 Å². The lowest BCUT2D eigenvalue weighted by molar-refractivity contribution is -0.152. The first-order valence-electron chi connectivity index (χ1n) is 5.24. The summed E-state index contributed by atoms with van der Waals surface area (Å²) in [5, 5.41) is 11.2. The predicted molar refractivity (Wildman–Crippen MR) is 55.6 cm³/mol. The molecule has 2 unspecified atom stereocenters. The van der Waals surface area contributed by atoms with Gasteiger partial charge in [-0.2, -0.15) is 0 Å². The number of carboxylic acids is 1. The van der Waals surface area contributed by atoms with Crippen molar-refractivity contribution in [2.45, 2.75) is 25.8 Å². The zero-order chi connectivity index (χ0) is 12.3. The molecule has 0 aromatic rings. The Morgan fingerprint density at radius 3 is 2.56 bits per heavy atom. The molecule has 0 aromatic carbocycles. The van der Waals surface area contributed by atoms with E-state index in [1.807, 2.05) is 0 Å². The molecule has 1 aliphatic heterocycles. The number of hydrogen-bond donors (Lipinski definition) is 2. The number of likely N-dealkylation sites (tertiary alicyclic amines) is 1. The molecule has 1 aliphatic rings. The van der Waals surface area contributed by atoms with Crippen molar-refractivity contribution >= 4 is 17.8 Å². The molecular weight excluding hydrogens is 212 g/mol. The van der Waals surface area contributed by atoms with Crippen LogP contribution in [0.1, 0.15) is 19.8 Å². The molecule has 1 rings (SSSR count). The summed E-state index contributed by atoms with van der Waals surface area (Å²) >= 11 is 0. The summed E-state index contributed by atoms with van der Waals surface area (Å²) in [5.41, 5.74) is 0. The Balaban J connectivity index is 2.75. The van der Waals surface area contributed by atoms with Crippen LogP contribution in [0.3, 0.4) is 0 Å². The number of hydrogen-bond acceptors (Lipinski definition) is 3. The van der Waals surface area contributed by atoms with Crippen LogP contribution in [-0.4, -0.2) is 47.4 Å². The first-order chi connectivity index (χ1) is 7.49. The van der Waals surface area contributed by atoms with Crippen molar-refractivity contribution in [1.82, 2.24) is 10.2 Å². The summed E-state index contributed by atoms with van der Waals surface area (Å²) < 4.78 is 0. The maximum absolute atomic E-state index is 11.8. The van der Waals surface area contributed by atoms with Crippen LogP contribution >= 0.6 is 0 Å². The van der Waals surface area contributed by atoms with Gasteiger partial charge in [0.15, 0.2) is 0 Å². The average Bonchev–Trinajstić information content (AvgIpc) is 2.74. The van der Waals surface area contributed by atoms with Gasteiger partial charge in [0.05, 0.1) is 0 Å². The van der Waals surface area contributed by atoms with Crippen molar-refractivity contribution in [3.8, 4) is 0 Å². The molecule has 16 heavy (non-hydrogen) atoms. The molecule has 2 amide bonds. The lowest BCUT2D eigenvalue weighted by Crippen LogP contribution is -2.47. The van der Waals surface area contributed by atoms with Crippen molar-refractivity contribution in [3.05, 3.63) is 0 Å². The van der Waals surface area contributed by atoms with E-state index in [4.69, 9.17) is 5.11 Å². The Morgan fingerprint density at radius 1 is 1.44 bits per heavy atom. The predicted octanol–water partition coefficient (Wildman–Crippen LogP) is -0.556. The fourth-order valence-electron chi connectivity index (χ4n) is 1.82. The molecule has 0 spiro atoms. The molecule has 2 atom stereocenters. The minimum Gasteiger partial charge on any atom is -0.481 e. The lowest BCUT2D eigenvalue weighted by atomic mass is 10.1. The Kier molecular flexibility index (Phi) is 3.87. The maximum atomic E-state index is 11.8. The number of carboxylic acid groups (broad SMARTS) is 1. The van der Waals surface area contributed by atoms with Crippen LogP contribution in [0.25, 0.3) is 0 Å². The van der Waals surface area contributed by atoms with Crippen LogP contribution in [0, 0.1) is 5.92 Å². The van der Waals surface area contributed by atoms with Crippen molar-refractivity contribution in [1.29, 1.82) is 0 Å². The molecular formula is C10H16N2O4. The van der Waals surface area contributed by atoms with Gasteiger partial charge in [0, 0.05) is 13.6 Å². The van der Waals surface area contributed by atoms with Crippen LogP contribution in [0.15, 0.2) is 0 Å². The first kappa shape index (κ1) is 12.5. The highest BCUT2D eigenvalue weighted by atomic mass is 16.4. The van der Waals surface area contributed by atoms with Gasteiger partial charge in [-0.1, -0.05) is 0 Å². The number of aliphatic carboxylic acids is 1. The van der Waals surface area contributed by atoms with Gasteiger partial charge in [0.1, 0.15) is 12.0 Å². The Bertz CT molecular complexity index is 316. The van der Waals surface area contributed by atoms with Crippen LogP contribution in [0.4, 0.5) is 0 Å². The van der Waals surface area contributed by atoms with E-state index in [0.29, 0.717) is 13.0 Å². The summed E-state index contributed by atoms with van der Waals surface area (Å²) in [4.78, 5) is 35.3. The van der Waals surface area contributed by atoms with Crippen molar-refractivity contribution in [2.24, 2.45) is 5.92 Å². The number of carbonyl (C=O) groups excluding carboxylic acids is 2. The van der Waals surface area contributed by atoms with Gasteiger partial charge in [-0.15, -0.1) is 0 Å². The zero-order valence-corrected chi connectivity index (χ0v) is 9.40. The second-order valence-corrected chi connectivity index (χ2v) is 3.86. The number of amides is 2. The molecule has 2 N–H and O–H groups in total. The van der Waals surface area contributed by atoms with Crippen LogP contribution in [-0.2, 0) is 14.4 Å². The lowest BCUT2D eigenvalue weighted by Gasteiger charge is -2.24. The molecule has 0 aliphatic carbocycles.